The van der Waals surface area contributed by atoms with E-state index < -0.39 is 0 Å². The van der Waals surface area contributed by atoms with Crippen LogP contribution in [0.4, 0.5) is 5.82 Å². The van der Waals surface area contributed by atoms with Gasteiger partial charge in [-0.2, -0.15) is 0 Å². The largest absolute Gasteiger partial charge is 0.354 e. The minimum absolute atomic E-state index is 0.552. The Morgan fingerprint density at radius 2 is 2.00 bits per heavy atom. The van der Waals surface area contributed by atoms with Crippen LogP contribution in [0.25, 0.3) is 11.2 Å². The first kappa shape index (κ1) is 10.4. The molecule has 4 heteroatoms. The van der Waals surface area contributed by atoms with Crippen molar-refractivity contribution in [3.8, 4) is 0 Å². The third-order valence-corrected chi connectivity index (χ3v) is 3.75. The fourth-order valence-electron chi connectivity index (χ4n) is 2.42. The van der Waals surface area contributed by atoms with Crippen molar-refractivity contribution in [2.24, 2.45) is 5.92 Å². The van der Waals surface area contributed by atoms with Gasteiger partial charge in [0, 0.05) is 25.0 Å². The summed E-state index contributed by atoms with van der Waals surface area (Å²) < 4.78 is 0. The Morgan fingerprint density at radius 1 is 1.18 bits per heavy atom. The zero-order chi connectivity index (χ0) is 11.8. The first-order valence-electron chi connectivity index (χ1n) is 6.10. The highest BCUT2D eigenvalue weighted by Crippen LogP contribution is 2.28. The SMILES string of the molecule is CC1CCN(c2ccc3nccnc3n2)C1C. The van der Waals surface area contributed by atoms with Gasteiger partial charge in [-0.05, 0) is 31.4 Å². The molecule has 0 spiro atoms. The third-order valence-electron chi connectivity index (χ3n) is 3.75. The number of pyridine rings is 1. The Hall–Kier alpha value is -1.71. The van der Waals surface area contributed by atoms with Crippen molar-refractivity contribution >= 4 is 17.0 Å². The summed E-state index contributed by atoms with van der Waals surface area (Å²) in [7, 11) is 0. The summed E-state index contributed by atoms with van der Waals surface area (Å²) in [5.41, 5.74) is 1.59. The highest BCUT2D eigenvalue weighted by Gasteiger charge is 2.28. The van der Waals surface area contributed by atoms with Crippen LogP contribution in [0.15, 0.2) is 24.5 Å². The van der Waals surface area contributed by atoms with Crippen molar-refractivity contribution in [2.45, 2.75) is 26.3 Å². The smallest absolute Gasteiger partial charge is 0.180 e. The van der Waals surface area contributed by atoms with Crippen LogP contribution < -0.4 is 4.90 Å². The fraction of sp³-hybridized carbons (Fsp3) is 0.462. The van der Waals surface area contributed by atoms with Gasteiger partial charge in [0.2, 0.25) is 0 Å². The second-order valence-electron chi connectivity index (χ2n) is 4.77. The van der Waals surface area contributed by atoms with Gasteiger partial charge in [0.05, 0.1) is 0 Å². The zero-order valence-corrected chi connectivity index (χ0v) is 10.2. The minimum atomic E-state index is 0.552. The molecule has 2 aromatic heterocycles. The molecule has 2 aromatic rings. The number of nitrogens with zero attached hydrogens (tertiary/aromatic N) is 4. The van der Waals surface area contributed by atoms with Crippen LogP contribution in [0.3, 0.4) is 0 Å². The van der Waals surface area contributed by atoms with E-state index >= 15 is 0 Å². The van der Waals surface area contributed by atoms with Gasteiger partial charge in [0.1, 0.15) is 11.3 Å². The second kappa shape index (κ2) is 3.95. The van der Waals surface area contributed by atoms with E-state index in [0.717, 1.165) is 29.4 Å². The summed E-state index contributed by atoms with van der Waals surface area (Å²) in [5.74, 6) is 1.75. The molecular formula is C13H16N4. The average molecular weight is 228 g/mol. The molecule has 1 fully saturated rings. The van der Waals surface area contributed by atoms with Crippen LogP contribution in [-0.2, 0) is 0 Å². The molecule has 17 heavy (non-hydrogen) atoms. The zero-order valence-electron chi connectivity index (χ0n) is 10.2. The number of aromatic nitrogens is 3. The van der Waals surface area contributed by atoms with E-state index in [2.05, 4.69) is 33.7 Å². The van der Waals surface area contributed by atoms with Gasteiger partial charge >= 0.3 is 0 Å². The monoisotopic (exact) mass is 228 g/mol. The van der Waals surface area contributed by atoms with Crippen LogP contribution in [0.5, 0.6) is 0 Å². The van der Waals surface area contributed by atoms with Crippen molar-refractivity contribution in [1.82, 2.24) is 15.0 Å². The Balaban J connectivity index is 2.01. The van der Waals surface area contributed by atoms with Gasteiger partial charge in [0.25, 0.3) is 0 Å². The molecule has 1 saturated heterocycles. The van der Waals surface area contributed by atoms with Gasteiger partial charge in [-0.25, -0.2) is 9.97 Å². The summed E-state index contributed by atoms with van der Waals surface area (Å²) in [6, 6.07) is 4.60. The minimum Gasteiger partial charge on any atom is -0.354 e. The van der Waals surface area contributed by atoms with Crippen LogP contribution in [0, 0.1) is 5.92 Å². The van der Waals surface area contributed by atoms with Crippen molar-refractivity contribution in [3.63, 3.8) is 0 Å². The summed E-state index contributed by atoms with van der Waals surface area (Å²) >= 11 is 0. The van der Waals surface area contributed by atoms with Crippen molar-refractivity contribution in [3.05, 3.63) is 24.5 Å². The molecule has 1 aliphatic heterocycles. The number of anilines is 1. The molecular weight excluding hydrogens is 212 g/mol. The van der Waals surface area contributed by atoms with E-state index in [9.17, 15) is 0 Å². The molecule has 0 amide bonds. The standard InChI is InChI=1S/C13H16N4/c1-9-5-8-17(10(9)2)12-4-3-11-13(16-12)15-7-6-14-11/h3-4,6-7,9-10H,5,8H2,1-2H3. The quantitative estimate of drug-likeness (QED) is 0.750. The normalized spacial score (nSPS) is 24.5. The summed E-state index contributed by atoms with van der Waals surface area (Å²) in [6.07, 6.45) is 4.63. The Kier molecular flexibility index (Phi) is 2.42. The predicted octanol–water partition coefficient (Wildman–Crippen LogP) is 2.26. The molecule has 3 heterocycles. The molecule has 4 nitrogen and oxygen atoms in total. The molecule has 2 atom stereocenters. The second-order valence-corrected chi connectivity index (χ2v) is 4.77. The average Bonchev–Trinajstić information content (AvgIpc) is 2.70. The highest BCUT2D eigenvalue weighted by atomic mass is 15.2. The van der Waals surface area contributed by atoms with E-state index in [-0.39, 0.29) is 0 Å². The lowest BCUT2D eigenvalue weighted by Gasteiger charge is -2.24. The maximum Gasteiger partial charge on any atom is 0.180 e. The Labute approximate surface area is 101 Å². The highest BCUT2D eigenvalue weighted by molar-refractivity contribution is 5.71. The molecule has 3 rings (SSSR count). The predicted molar refractivity (Wildman–Crippen MR) is 67.9 cm³/mol. The maximum atomic E-state index is 4.59. The van der Waals surface area contributed by atoms with E-state index in [4.69, 9.17) is 0 Å². The van der Waals surface area contributed by atoms with Gasteiger partial charge in [-0.3, -0.25) is 4.98 Å². The third kappa shape index (κ3) is 1.73. The number of fused-ring (bicyclic) bond motifs is 1. The van der Waals surface area contributed by atoms with Crippen molar-refractivity contribution in [1.29, 1.82) is 0 Å². The molecule has 0 radical (unpaired) electrons. The number of rotatable bonds is 1. The van der Waals surface area contributed by atoms with Crippen LogP contribution in [-0.4, -0.2) is 27.5 Å². The van der Waals surface area contributed by atoms with Gasteiger partial charge in [-0.15, -0.1) is 0 Å². The van der Waals surface area contributed by atoms with Gasteiger partial charge in [0.15, 0.2) is 5.65 Å². The molecule has 88 valence electrons. The lowest BCUT2D eigenvalue weighted by atomic mass is 10.1. The topological polar surface area (TPSA) is 41.9 Å². The Morgan fingerprint density at radius 3 is 2.76 bits per heavy atom. The van der Waals surface area contributed by atoms with E-state index in [0.29, 0.717) is 6.04 Å². The molecule has 1 aliphatic rings. The van der Waals surface area contributed by atoms with Gasteiger partial charge in [-0.1, -0.05) is 6.92 Å². The van der Waals surface area contributed by atoms with Crippen molar-refractivity contribution in [2.75, 3.05) is 11.4 Å². The fourth-order valence-corrected chi connectivity index (χ4v) is 2.42. The molecule has 2 unspecified atom stereocenters. The molecule has 0 bridgehead atoms. The van der Waals surface area contributed by atoms with Crippen molar-refractivity contribution < 1.29 is 0 Å². The molecule has 0 aromatic carbocycles. The van der Waals surface area contributed by atoms with Crippen LogP contribution in [0.1, 0.15) is 20.3 Å². The van der Waals surface area contributed by atoms with E-state index in [1.807, 2.05) is 12.1 Å². The first-order chi connectivity index (χ1) is 8.25. The van der Waals surface area contributed by atoms with Gasteiger partial charge < -0.3 is 4.90 Å². The molecule has 0 saturated carbocycles. The van der Waals surface area contributed by atoms with E-state index in [1.54, 1.807) is 12.4 Å². The first-order valence-corrected chi connectivity index (χ1v) is 6.10. The summed E-state index contributed by atoms with van der Waals surface area (Å²) in [4.78, 5) is 15.5. The summed E-state index contributed by atoms with van der Waals surface area (Å²) in [5, 5.41) is 0. The lowest BCUT2D eigenvalue weighted by Crippen LogP contribution is -2.29. The molecule has 0 aliphatic carbocycles. The molecule has 0 N–H and O–H groups in total. The van der Waals surface area contributed by atoms with Crippen LogP contribution >= 0.6 is 0 Å². The summed E-state index contributed by atoms with van der Waals surface area (Å²) in [6.45, 7) is 5.65. The number of hydrogen-bond donors (Lipinski definition) is 0. The maximum absolute atomic E-state index is 4.59. The van der Waals surface area contributed by atoms with Crippen LogP contribution in [0.2, 0.25) is 0 Å². The lowest BCUT2D eigenvalue weighted by molar-refractivity contribution is 0.544. The van der Waals surface area contributed by atoms with E-state index in [1.165, 1.54) is 6.42 Å². The number of hydrogen-bond acceptors (Lipinski definition) is 4. The Bertz CT molecular complexity index is 540.